The molecule has 2 heterocycles. The first-order chi connectivity index (χ1) is 12.1. The van der Waals surface area contributed by atoms with Gasteiger partial charge in [0.05, 0.1) is 25.0 Å². The molecule has 0 radical (unpaired) electrons. The smallest absolute Gasteiger partial charge is 0.234 e. The van der Waals surface area contributed by atoms with Crippen LogP contribution in [-0.2, 0) is 11.3 Å². The SMILES string of the molecule is CCOc1cncc(NC2CCN(C(C)=O)Cc3cc(F)ccc32)n1. The van der Waals surface area contributed by atoms with E-state index in [9.17, 15) is 9.18 Å². The van der Waals surface area contributed by atoms with Gasteiger partial charge in [-0.15, -0.1) is 0 Å². The van der Waals surface area contributed by atoms with Gasteiger partial charge in [0.1, 0.15) is 11.6 Å². The minimum Gasteiger partial charge on any atom is -0.477 e. The van der Waals surface area contributed by atoms with Crippen molar-refractivity contribution < 1.29 is 13.9 Å². The molecular weight excluding hydrogens is 323 g/mol. The van der Waals surface area contributed by atoms with Crippen molar-refractivity contribution in [1.82, 2.24) is 14.9 Å². The van der Waals surface area contributed by atoms with Crippen LogP contribution in [0.25, 0.3) is 0 Å². The molecule has 1 aromatic heterocycles. The lowest BCUT2D eigenvalue weighted by Crippen LogP contribution is -2.28. The second-order valence-electron chi connectivity index (χ2n) is 5.94. The van der Waals surface area contributed by atoms with Crippen LogP contribution in [0.1, 0.15) is 37.4 Å². The lowest BCUT2D eigenvalue weighted by molar-refractivity contribution is -0.129. The molecule has 3 rings (SSSR count). The summed E-state index contributed by atoms with van der Waals surface area (Å²) < 4.78 is 19.1. The summed E-state index contributed by atoms with van der Waals surface area (Å²) >= 11 is 0. The first-order valence-corrected chi connectivity index (χ1v) is 8.32. The Morgan fingerprint density at radius 3 is 3.04 bits per heavy atom. The first kappa shape index (κ1) is 17.1. The normalized spacial score (nSPS) is 16.8. The third-order valence-corrected chi connectivity index (χ3v) is 4.20. The molecule has 0 bridgehead atoms. The molecule has 1 aliphatic rings. The van der Waals surface area contributed by atoms with Gasteiger partial charge < -0.3 is 15.0 Å². The molecule has 1 atom stereocenters. The van der Waals surface area contributed by atoms with E-state index >= 15 is 0 Å². The third-order valence-electron chi connectivity index (χ3n) is 4.20. The zero-order valence-electron chi connectivity index (χ0n) is 14.3. The second-order valence-corrected chi connectivity index (χ2v) is 5.94. The summed E-state index contributed by atoms with van der Waals surface area (Å²) in [5.74, 6) is 0.711. The van der Waals surface area contributed by atoms with Gasteiger partial charge in [-0.25, -0.2) is 4.39 Å². The molecular formula is C18H21FN4O2. The summed E-state index contributed by atoms with van der Waals surface area (Å²) in [5, 5.41) is 3.34. The highest BCUT2D eigenvalue weighted by Gasteiger charge is 2.24. The van der Waals surface area contributed by atoms with Gasteiger partial charge in [0.25, 0.3) is 0 Å². The van der Waals surface area contributed by atoms with Gasteiger partial charge in [0.15, 0.2) is 0 Å². The number of aromatic nitrogens is 2. The Hall–Kier alpha value is -2.70. The molecule has 25 heavy (non-hydrogen) atoms. The second kappa shape index (κ2) is 7.46. The molecule has 132 valence electrons. The molecule has 1 aliphatic heterocycles. The molecule has 7 heteroatoms. The molecule has 2 aromatic rings. The summed E-state index contributed by atoms with van der Waals surface area (Å²) in [4.78, 5) is 22.0. The highest BCUT2D eigenvalue weighted by atomic mass is 19.1. The number of benzene rings is 1. The average molecular weight is 344 g/mol. The van der Waals surface area contributed by atoms with E-state index in [4.69, 9.17) is 4.74 Å². The van der Waals surface area contributed by atoms with Crippen molar-refractivity contribution in [1.29, 1.82) is 0 Å². The van der Waals surface area contributed by atoms with E-state index in [1.165, 1.54) is 19.1 Å². The van der Waals surface area contributed by atoms with E-state index < -0.39 is 0 Å². The number of fused-ring (bicyclic) bond motifs is 1. The van der Waals surface area contributed by atoms with E-state index in [0.717, 1.165) is 11.1 Å². The number of halogens is 1. The van der Waals surface area contributed by atoms with Crippen molar-refractivity contribution >= 4 is 11.7 Å². The lowest BCUT2D eigenvalue weighted by atomic mass is 9.99. The molecule has 1 amide bonds. The van der Waals surface area contributed by atoms with E-state index in [-0.39, 0.29) is 17.8 Å². The standard InChI is InChI=1S/C18H21FN4O2/c1-3-25-18-10-20-9-17(22-18)21-16-6-7-23(12(2)24)11-13-8-14(19)4-5-15(13)16/h4-5,8-10,16H,3,6-7,11H2,1-2H3,(H,21,22). The van der Waals surface area contributed by atoms with Crippen molar-refractivity contribution in [2.45, 2.75) is 32.9 Å². The largest absolute Gasteiger partial charge is 0.477 e. The van der Waals surface area contributed by atoms with Crippen molar-refractivity contribution in [2.24, 2.45) is 0 Å². The number of nitrogens with zero attached hydrogens (tertiary/aromatic N) is 3. The van der Waals surface area contributed by atoms with Gasteiger partial charge in [-0.2, -0.15) is 4.98 Å². The van der Waals surface area contributed by atoms with E-state index in [0.29, 0.717) is 37.8 Å². The molecule has 0 saturated carbocycles. The predicted octanol–water partition coefficient (Wildman–Crippen LogP) is 2.92. The summed E-state index contributed by atoms with van der Waals surface area (Å²) in [6, 6.07) is 4.62. The van der Waals surface area contributed by atoms with Crippen molar-refractivity contribution in [3.8, 4) is 5.88 Å². The Morgan fingerprint density at radius 2 is 2.28 bits per heavy atom. The monoisotopic (exact) mass is 344 g/mol. The van der Waals surface area contributed by atoms with Crippen LogP contribution in [0, 0.1) is 5.82 Å². The molecule has 0 aliphatic carbocycles. The van der Waals surface area contributed by atoms with Gasteiger partial charge in [0, 0.05) is 20.0 Å². The zero-order valence-corrected chi connectivity index (χ0v) is 14.3. The fourth-order valence-electron chi connectivity index (χ4n) is 3.01. The molecule has 1 aromatic carbocycles. The minimum atomic E-state index is -0.305. The van der Waals surface area contributed by atoms with Gasteiger partial charge in [-0.1, -0.05) is 6.07 Å². The highest BCUT2D eigenvalue weighted by Crippen LogP contribution is 2.30. The van der Waals surface area contributed by atoms with Crippen molar-refractivity contribution in [2.75, 3.05) is 18.5 Å². The molecule has 0 saturated heterocycles. The number of carbonyl (C=O) groups excluding carboxylic acids is 1. The molecule has 0 fully saturated rings. The topological polar surface area (TPSA) is 67.3 Å². The lowest BCUT2D eigenvalue weighted by Gasteiger charge is -2.20. The van der Waals surface area contributed by atoms with Crippen molar-refractivity contribution in [3.63, 3.8) is 0 Å². The Bertz CT molecular complexity index is 768. The summed E-state index contributed by atoms with van der Waals surface area (Å²) in [6.07, 6.45) is 3.88. The summed E-state index contributed by atoms with van der Waals surface area (Å²) in [5.41, 5.74) is 1.77. The van der Waals surface area contributed by atoms with Crippen LogP contribution < -0.4 is 10.1 Å². The van der Waals surface area contributed by atoms with Gasteiger partial charge >= 0.3 is 0 Å². The van der Waals surface area contributed by atoms with Crippen LogP contribution in [0.3, 0.4) is 0 Å². The minimum absolute atomic E-state index is 0.0194. The highest BCUT2D eigenvalue weighted by molar-refractivity contribution is 5.73. The maximum Gasteiger partial charge on any atom is 0.234 e. The van der Waals surface area contributed by atoms with Crippen LogP contribution in [0.15, 0.2) is 30.6 Å². The van der Waals surface area contributed by atoms with Gasteiger partial charge in [-0.05, 0) is 36.6 Å². The summed E-state index contributed by atoms with van der Waals surface area (Å²) in [7, 11) is 0. The van der Waals surface area contributed by atoms with Crippen LogP contribution in [0.4, 0.5) is 10.2 Å². The average Bonchev–Trinajstić information content (AvgIpc) is 2.75. The van der Waals surface area contributed by atoms with E-state index in [1.807, 2.05) is 6.92 Å². The van der Waals surface area contributed by atoms with Gasteiger partial charge in [-0.3, -0.25) is 9.78 Å². The quantitative estimate of drug-likeness (QED) is 0.924. The molecule has 0 spiro atoms. The molecule has 1 unspecified atom stereocenters. The van der Waals surface area contributed by atoms with Crippen LogP contribution in [0.5, 0.6) is 5.88 Å². The Morgan fingerprint density at radius 1 is 1.44 bits per heavy atom. The number of hydrogen-bond donors (Lipinski definition) is 1. The van der Waals surface area contributed by atoms with Crippen LogP contribution in [-0.4, -0.2) is 33.9 Å². The van der Waals surface area contributed by atoms with Crippen LogP contribution >= 0.6 is 0 Å². The third kappa shape index (κ3) is 4.04. The Balaban J connectivity index is 1.88. The zero-order chi connectivity index (χ0) is 17.8. The fraction of sp³-hybridized carbons (Fsp3) is 0.389. The molecule has 6 nitrogen and oxygen atoms in total. The van der Waals surface area contributed by atoms with E-state index in [2.05, 4.69) is 15.3 Å². The molecule has 1 N–H and O–H groups in total. The summed E-state index contributed by atoms with van der Waals surface area (Å²) in [6.45, 7) is 4.92. The van der Waals surface area contributed by atoms with Crippen LogP contribution in [0.2, 0.25) is 0 Å². The Labute approximate surface area is 146 Å². The number of ether oxygens (including phenoxy) is 1. The fourth-order valence-corrected chi connectivity index (χ4v) is 3.01. The number of hydrogen-bond acceptors (Lipinski definition) is 5. The Kier molecular flexibility index (Phi) is 5.11. The maximum atomic E-state index is 13.7. The number of rotatable bonds is 4. The van der Waals surface area contributed by atoms with E-state index in [1.54, 1.807) is 23.4 Å². The number of anilines is 1. The predicted molar refractivity (Wildman–Crippen MR) is 91.7 cm³/mol. The number of carbonyl (C=O) groups is 1. The first-order valence-electron chi connectivity index (χ1n) is 8.32. The van der Waals surface area contributed by atoms with Gasteiger partial charge in [0.2, 0.25) is 11.8 Å². The maximum absolute atomic E-state index is 13.7. The number of nitrogens with one attached hydrogen (secondary N) is 1. The number of amides is 1. The van der Waals surface area contributed by atoms with Crippen molar-refractivity contribution in [3.05, 3.63) is 47.5 Å².